The van der Waals surface area contributed by atoms with Crippen molar-refractivity contribution in [2.24, 2.45) is 21.8 Å². The first-order valence-corrected chi connectivity index (χ1v) is 25.4. The second-order valence-corrected chi connectivity index (χ2v) is 20.6. The molecule has 0 radical (unpaired) electrons. The lowest BCUT2D eigenvalue weighted by atomic mass is 9.95. The third-order valence-corrected chi connectivity index (χ3v) is 15.2. The minimum Gasteiger partial charge on any atom is -0.464 e. The summed E-state index contributed by atoms with van der Waals surface area (Å²) in [5.74, 6) is -0.863. The number of nitrogens with zero attached hydrogens (tertiary/aromatic N) is 6. The summed E-state index contributed by atoms with van der Waals surface area (Å²) in [6, 6.07) is 15.0. The molecule has 0 bridgehead atoms. The fourth-order valence-electron chi connectivity index (χ4n) is 10.5. The van der Waals surface area contributed by atoms with Crippen molar-refractivity contribution in [3.8, 4) is 28.0 Å². The quantitative estimate of drug-likeness (QED) is 0.116. The number of fused-ring (bicyclic) bond motifs is 5. The Hall–Kier alpha value is -7.41. The first-order valence-electron chi connectivity index (χ1n) is 24.6. The zero-order chi connectivity index (χ0) is 51.2. The molecule has 16 nitrogen and oxygen atoms in total. The topological polar surface area (TPSA) is 178 Å². The Labute approximate surface area is 424 Å². The Balaban J connectivity index is 0.934. The molecule has 2 fully saturated rings. The van der Waals surface area contributed by atoms with Crippen molar-refractivity contribution in [3.63, 3.8) is 0 Å². The first kappa shape index (κ1) is 49.2. The van der Waals surface area contributed by atoms with E-state index in [0.29, 0.717) is 65.2 Å². The van der Waals surface area contributed by atoms with Crippen molar-refractivity contribution in [1.29, 1.82) is 0 Å². The second kappa shape index (κ2) is 20.2. The number of hydrogen-bond acceptors (Lipinski definition) is 12. The van der Waals surface area contributed by atoms with Gasteiger partial charge in [-0.05, 0) is 114 Å². The van der Waals surface area contributed by atoms with Gasteiger partial charge in [-0.2, -0.15) is 0 Å². The Morgan fingerprint density at radius 3 is 1.92 bits per heavy atom. The van der Waals surface area contributed by atoms with E-state index < -0.39 is 42.1 Å². The summed E-state index contributed by atoms with van der Waals surface area (Å²) in [5, 5.41) is 6.55. The van der Waals surface area contributed by atoms with Gasteiger partial charge in [0.2, 0.25) is 18.0 Å². The van der Waals surface area contributed by atoms with Gasteiger partial charge in [-0.25, -0.2) is 23.4 Å². The van der Waals surface area contributed by atoms with Gasteiger partial charge in [0.05, 0.1) is 54.2 Å². The number of thiazole rings is 1. The molecule has 7 heterocycles. The molecule has 5 aromatic rings. The number of ether oxygens (including phenoxy) is 4. The van der Waals surface area contributed by atoms with Gasteiger partial charge in [0.25, 0.3) is 5.19 Å². The monoisotopic (exact) mass is 1010 g/mol. The maximum Gasteiger partial charge on any atom is 0.407 e. The summed E-state index contributed by atoms with van der Waals surface area (Å²) in [6.07, 6.45) is 7.06. The molecule has 3 aromatic carbocycles. The van der Waals surface area contributed by atoms with Gasteiger partial charge in [0.15, 0.2) is 0 Å². The molecule has 0 aliphatic carbocycles. The van der Waals surface area contributed by atoms with Crippen molar-refractivity contribution in [2.75, 3.05) is 27.3 Å². The number of methoxy groups -OCH3 is 2. The molecule has 19 heteroatoms. The van der Waals surface area contributed by atoms with Gasteiger partial charge in [-0.15, -0.1) is 0 Å². The van der Waals surface area contributed by atoms with Crippen LogP contribution in [0.2, 0.25) is 0 Å². The number of benzene rings is 3. The number of likely N-dealkylation sites (tertiary alicyclic amines) is 2. The van der Waals surface area contributed by atoms with Crippen molar-refractivity contribution in [2.45, 2.75) is 96.6 Å². The van der Waals surface area contributed by atoms with Gasteiger partial charge >= 0.3 is 12.2 Å². The Bertz CT molecular complexity index is 3140. The zero-order valence-electron chi connectivity index (χ0n) is 41.3. The molecular formula is C54H56F2N8O8S. The van der Waals surface area contributed by atoms with Crippen LogP contribution in [-0.2, 0) is 19.1 Å². The van der Waals surface area contributed by atoms with E-state index in [1.807, 2.05) is 67.6 Å². The summed E-state index contributed by atoms with van der Waals surface area (Å²) in [7, 11) is 2.54. The number of carbonyl (C=O) groups excluding carboxylic acids is 4. The molecular weight excluding hydrogens is 959 g/mol. The van der Waals surface area contributed by atoms with Gasteiger partial charge < -0.3 is 39.4 Å². The Kier molecular flexibility index (Phi) is 13.6. The number of halogens is 2. The molecule has 2 aromatic heterocycles. The second-order valence-electron chi connectivity index (χ2n) is 19.6. The normalized spacial score (nSPS) is 19.9. The lowest BCUT2D eigenvalue weighted by Gasteiger charge is -2.31. The molecule has 4 amide bonds. The van der Waals surface area contributed by atoms with E-state index in [1.165, 1.54) is 55.9 Å². The van der Waals surface area contributed by atoms with Crippen LogP contribution in [0.25, 0.3) is 33.3 Å². The molecule has 2 saturated heterocycles. The predicted molar refractivity (Wildman–Crippen MR) is 273 cm³/mol. The van der Waals surface area contributed by atoms with E-state index in [9.17, 15) is 23.6 Å². The van der Waals surface area contributed by atoms with E-state index in [-0.39, 0.29) is 41.3 Å². The smallest absolute Gasteiger partial charge is 0.407 e. The third kappa shape index (κ3) is 9.57. The number of alkyl carbamates (subject to hydrolysis) is 2. The standard InChI is InChI=1S/C54H56F2N8O8S/c1-28(2)47(60-52(67)69-5)49(65)62-17-7-9-41(62)38-21-33(25-57-38)30-11-16-40-32(19-30)23-43-46-37(56)20-31(24-44(46)72-51(64(40)43)45-27-59-54(73-45)71-36-14-12-35(55)13-15-36)34-22-39(58-26-34)42-10-8-18-63(42)50(66)48(29(3)4)61-53(68)70-6/h11-16,19-20,23-29,41-42,47-48,51H,7-10,17-18,21-22H2,1-6H3,(H,60,67)(H,61,68)/t41-,42-,47-,48-,51?/m0/s1. The molecule has 5 aliphatic rings. The van der Waals surface area contributed by atoms with Crippen LogP contribution in [0.4, 0.5) is 18.4 Å². The minimum absolute atomic E-state index is 0.156. The number of aromatic nitrogens is 2. The van der Waals surface area contributed by atoms with E-state index in [0.717, 1.165) is 58.3 Å². The van der Waals surface area contributed by atoms with Crippen LogP contribution in [0, 0.1) is 23.5 Å². The highest BCUT2D eigenvalue weighted by atomic mass is 32.1. The molecule has 73 heavy (non-hydrogen) atoms. The fraction of sp³-hybridized carbons (Fsp3) is 0.389. The SMILES string of the molecule is COC(=O)N[C@H](C(=O)N1CCC[C@H]1C1=NC=C(c2cc(F)c3c(c2)OC(c2cnc(Oc4ccc(F)cc4)s2)n2c-3cc3cc(C4=CN=C([C@@H]5CCCN5C(=O)[C@@H](NC(=O)OC)C(C)C)C4)ccc32)C1)C(C)C. The van der Waals surface area contributed by atoms with Crippen LogP contribution in [0.5, 0.6) is 16.7 Å². The number of rotatable bonds is 13. The maximum absolute atomic E-state index is 17.0. The molecule has 10 rings (SSSR count). The van der Waals surface area contributed by atoms with Gasteiger partial charge in [0, 0.05) is 55.1 Å². The highest BCUT2D eigenvalue weighted by Gasteiger charge is 2.41. The van der Waals surface area contributed by atoms with Gasteiger partial charge in [-0.1, -0.05) is 45.1 Å². The molecule has 1 unspecified atom stereocenters. The molecule has 5 aliphatic heterocycles. The fourth-order valence-corrected chi connectivity index (χ4v) is 11.4. The van der Waals surface area contributed by atoms with Crippen LogP contribution < -0.4 is 20.1 Å². The van der Waals surface area contributed by atoms with Crippen LogP contribution in [0.15, 0.2) is 89.2 Å². The lowest BCUT2D eigenvalue weighted by Crippen LogP contribution is -2.53. The number of hydrogen-bond donors (Lipinski definition) is 2. The summed E-state index contributed by atoms with van der Waals surface area (Å²) < 4.78 is 55.3. The summed E-state index contributed by atoms with van der Waals surface area (Å²) in [4.78, 5) is 70.6. The highest BCUT2D eigenvalue weighted by molar-refractivity contribution is 7.13. The highest BCUT2D eigenvalue weighted by Crippen LogP contribution is 2.49. The third-order valence-electron chi connectivity index (χ3n) is 14.3. The van der Waals surface area contributed by atoms with Crippen LogP contribution >= 0.6 is 11.3 Å². The lowest BCUT2D eigenvalue weighted by molar-refractivity contribution is -0.134. The molecule has 380 valence electrons. The number of amides is 4. The van der Waals surface area contributed by atoms with Crippen LogP contribution in [0.3, 0.4) is 0 Å². The van der Waals surface area contributed by atoms with E-state index in [4.69, 9.17) is 28.9 Å². The van der Waals surface area contributed by atoms with Crippen molar-refractivity contribution >= 4 is 68.8 Å². The van der Waals surface area contributed by atoms with E-state index in [1.54, 1.807) is 17.3 Å². The number of nitrogens with one attached hydrogen (secondary N) is 2. The molecule has 0 saturated carbocycles. The summed E-state index contributed by atoms with van der Waals surface area (Å²) in [6.45, 7) is 8.59. The van der Waals surface area contributed by atoms with Crippen molar-refractivity contribution < 1.29 is 46.9 Å². The van der Waals surface area contributed by atoms with Gasteiger partial charge in [-0.3, -0.25) is 24.1 Å². The first-order chi connectivity index (χ1) is 35.2. The predicted octanol–water partition coefficient (Wildman–Crippen LogP) is 9.89. The van der Waals surface area contributed by atoms with Crippen molar-refractivity contribution in [3.05, 3.63) is 107 Å². The number of allylic oxidation sites excluding steroid dienone is 2. The van der Waals surface area contributed by atoms with Crippen LogP contribution in [0.1, 0.15) is 88.5 Å². The van der Waals surface area contributed by atoms with Crippen LogP contribution in [-0.4, -0.2) is 106 Å². The number of aliphatic imine (C=N–C) groups is 2. The summed E-state index contributed by atoms with van der Waals surface area (Å²) in [5.41, 5.74) is 6.55. The van der Waals surface area contributed by atoms with Crippen molar-refractivity contribution in [1.82, 2.24) is 30.0 Å². The Morgan fingerprint density at radius 2 is 1.34 bits per heavy atom. The largest absolute Gasteiger partial charge is 0.464 e. The molecule has 2 N–H and O–H groups in total. The van der Waals surface area contributed by atoms with Gasteiger partial charge in [0.1, 0.15) is 35.2 Å². The molecule has 5 atom stereocenters. The zero-order valence-corrected chi connectivity index (χ0v) is 42.1. The minimum atomic E-state index is -0.798. The Morgan fingerprint density at radius 1 is 0.753 bits per heavy atom. The molecule has 0 spiro atoms. The van der Waals surface area contributed by atoms with E-state index in [2.05, 4.69) is 21.7 Å². The average Bonchev–Trinajstić information content (AvgIpc) is 4.25. The average molecular weight is 1020 g/mol. The maximum atomic E-state index is 17.0. The summed E-state index contributed by atoms with van der Waals surface area (Å²) >= 11 is 1.25. The van der Waals surface area contributed by atoms with E-state index >= 15 is 4.39 Å². The number of carbonyl (C=O) groups is 4.